The molecule has 37 heavy (non-hydrogen) atoms. The zero-order chi connectivity index (χ0) is 27.3. The number of hydrogen-bond acceptors (Lipinski definition) is 11. The number of benzene rings is 1. The third-order valence-corrected chi connectivity index (χ3v) is 6.18. The molecule has 15 nitrogen and oxygen atoms in total. The van der Waals surface area contributed by atoms with Crippen molar-refractivity contribution in [1.29, 1.82) is 0 Å². The van der Waals surface area contributed by atoms with Crippen molar-refractivity contribution in [1.82, 2.24) is 5.32 Å². The SMILES string of the molecule is CO[C@@H]1C(C(=O)Nc2ccc(N=[N+]=[N-])cc2)O[C@@H](O[C@@H]2C(NC(C)=O)[C@@H](C)OC(CO)[C@H]2O)C(O)[C@H]1O. The third-order valence-electron chi connectivity index (χ3n) is 6.18. The molecular weight excluding hydrogens is 494 g/mol. The highest BCUT2D eigenvalue weighted by atomic mass is 16.7. The fraction of sp³-hybridized carbons (Fsp3) is 0.636. The molecule has 0 aliphatic carbocycles. The van der Waals surface area contributed by atoms with Crippen LogP contribution in [0.15, 0.2) is 29.4 Å². The Morgan fingerprint density at radius 2 is 1.78 bits per heavy atom. The lowest BCUT2D eigenvalue weighted by Gasteiger charge is -2.47. The molecule has 3 rings (SSSR count). The van der Waals surface area contributed by atoms with Crippen molar-refractivity contribution >= 4 is 23.2 Å². The van der Waals surface area contributed by atoms with Crippen molar-refractivity contribution in [3.63, 3.8) is 0 Å². The lowest BCUT2D eigenvalue weighted by atomic mass is 9.92. The summed E-state index contributed by atoms with van der Waals surface area (Å²) in [4.78, 5) is 27.5. The van der Waals surface area contributed by atoms with Crippen LogP contribution in [0.3, 0.4) is 0 Å². The second-order valence-corrected chi connectivity index (χ2v) is 8.71. The van der Waals surface area contributed by atoms with Crippen LogP contribution in [0.25, 0.3) is 10.4 Å². The average Bonchev–Trinajstić information content (AvgIpc) is 2.86. The first kappa shape index (κ1) is 28.7. The van der Waals surface area contributed by atoms with Crippen LogP contribution in [-0.2, 0) is 28.5 Å². The summed E-state index contributed by atoms with van der Waals surface area (Å²) < 4.78 is 22.3. The predicted octanol–water partition coefficient (Wildman–Crippen LogP) is -0.941. The third kappa shape index (κ3) is 6.54. The number of amides is 2. The molecule has 10 atom stereocenters. The van der Waals surface area contributed by atoms with Crippen molar-refractivity contribution in [2.45, 2.75) is 75.0 Å². The summed E-state index contributed by atoms with van der Waals surface area (Å²) in [6.07, 6.45) is -12.2. The van der Waals surface area contributed by atoms with Gasteiger partial charge in [0, 0.05) is 30.3 Å². The summed E-state index contributed by atoms with van der Waals surface area (Å²) in [5, 5.41) is 50.3. The van der Waals surface area contributed by atoms with Crippen molar-refractivity contribution in [3.05, 3.63) is 34.7 Å². The van der Waals surface area contributed by atoms with Crippen LogP contribution in [0.4, 0.5) is 11.4 Å². The van der Waals surface area contributed by atoms with Gasteiger partial charge in [0.05, 0.1) is 18.8 Å². The van der Waals surface area contributed by atoms with Gasteiger partial charge in [-0.2, -0.15) is 0 Å². The Bertz CT molecular complexity index is 991. The second kappa shape index (κ2) is 12.6. The van der Waals surface area contributed by atoms with E-state index >= 15 is 0 Å². The number of ether oxygens (including phenoxy) is 4. The number of nitrogens with zero attached hydrogens (tertiary/aromatic N) is 3. The Hall–Kier alpha value is -2.85. The summed E-state index contributed by atoms with van der Waals surface area (Å²) in [5.41, 5.74) is 9.17. The second-order valence-electron chi connectivity index (χ2n) is 8.71. The first-order chi connectivity index (χ1) is 17.6. The molecule has 2 aliphatic rings. The molecule has 6 N–H and O–H groups in total. The maximum Gasteiger partial charge on any atom is 0.256 e. The van der Waals surface area contributed by atoms with Crippen LogP contribution in [0.1, 0.15) is 13.8 Å². The fourth-order valence-corrected chi connectivity index (χ4v) is 4.34. The Morgan fingerprint density at radius 3 is 2.35 bits per heavy atom. The standard InChI is InChI=1S/C22H31N5O10/c1-9-14(24-10(2)29)18(15(30)13(8-28)35-9)36-22-17(32)16(31)19(34-3)20(37-22)21(33)25-11-4-6-12(7-5-11)26-27-23/h4-7,9,13-20,22,28,30-32H,8H2,1-3H3,(H,24,29)(H,25,33)/t9-,13?,14?,15-,16-,17?,18-,19+,20?,22-/m1/s1. The smallest absolute Gasteiger partial charge is 0.256 e. The van der Waals surface area contributed by atoms with E-state index in [1.54, 1.807) is 6.92 Å². The van der Waals surface area contributed by atoms with Gasteiger partial charge in [-0.15, -0.1) is 0 Å². The number of azide groups is 1. The van der Waals surface area contributed by atoms with Gasteiger partial charge in [-0.1, -0.05) is 17.2 Å². The number of hydrogen-bond donors (Lipinski definition) is 6. The summed E-state index contributed by atoms with van der Waals surface area (Å²) in [6, 6.07) is 5.01. The molecule has 15 heteroatoms. The van der Waals surface area contributed by atoms with Crippen LogP contribution in [0.2, 0.25) is 0 Å². The van der Waals surface area contributed by atoms with Crippen molar-refractivity contribution in [3.8, 4) is 0 Å². The predicted molar refractivity (Wildman–Crippen MR) is 125 cm³/mol. The zero-order valence-corrected chi connectivity index (χ0v) is 20.4. The van der Waals surface area contributed by atoms with E-state index in [4.69, 9.17) is 24.5 Å². The van der Waals surface area contributed by atoms with E-state index < -0.39 is 79.6 Å². The topological polar surface area (TPSA) is 225 Å². The quantitative estimate of drug-likeness (QED) is 0.139. The maximum absolute atomic E-state index is 13.1. The largest absolute Gasteiger partial charge is 0.394 e. The van der Waals surface area contributed by atoms with E-state index in [2.05, 4.69) is 20.7 Å². The Morgan fingerprint density at radius 1 is 1.11 bits per heavy atom. The summed E-state index contributed by atoms with van der Waals surface area (Å²) in [7, 11) is 1.22. The van der Waals surface area contributed by atoms with Gasteiger partial charge in [0.15, 0.2) is 12.4 Å². The van der Waals surface area contributed by atoms with Crippen LogP contribution in [0.5, 0.6) is 0 Å². The number of anilines is 1. The van der Waals surface area contributed by atoms with Crippen LogP contribution < -0.4 is 10.6 Å². The van der Waals surface area contributed by atoms with Crippen LogP contribution in [0, 0.1) is 0 Å². The Labute approximate surface area is 211 Å². The number of aliphatic hydroxyl groups is 4. The lowest BCUT2D eigenvalue weighted by Crippen LogP contribution is -2.67. The van der Waals surface area contributed by atoms with E-state index in [0.29, 0.717) is 11.4 Å². The van der Waals surface area contributed by atoms with Gasteiger partial charge in [-0.3, -0.25) is 9.59 Å². The highest BCUT2D eigenvalue weighted by Crippen LogP contribution is 2.30. The molecule has 204 valence electrons. The molecule has 1 aromatic carbocycles. The van der Waals surface area contributed by atoms with Gasteiger partial charge in [0.1, 0.15) is 36.6 Å². The number of methoxy groups -OCH3 is 1. The van der Waals surface area contributed by atoms with Crippen molar-refractivity contribution in [2.75, 3.05) is 19.0 Å². The molecule has 2 fully saturated rings. The van der Waals surface area contributed by atoms with Gasteiger partial charge < -0.3 is 50.0 Å². The molecule has 2 saturated heterocycles. The molecule has 0 spiro atoms. The zero-order valence-electron chi connectivity index (χ0n) is 20.4. The number of carbonyl (C=O) groups is 2. The molecular formula is C22H31N5O10. The summed E-state index contributed by atoms with van der Waals surface area (Å²) in [6.45, 7) is 2.31. The number of carbonyl (C=O) groups excluding carboxylic acids is 2. The Balaban J connectivity index is 1.82. The molecule has 4 unspecified atom stereocenters. The molecule has 1 aromatic rings. The molecule has 0 saturated carbocycles. The van der Waals surface area contributed by atoms with E-state index in [0.717, 1.165) is 0 Å². The number of rotatable bonds is 8. The van der Waals surface area contributed by atoms with Crippen LogP contribution >= 0.6 is 0 Å². The summed E-state index contributed by atoms with van der Waals surface area (Å²) in [5.74, 6) is -1.19. The van der Waals surface area contributed by atoms with E-state index in [1.807, 2.05) is 0 Å². The van der Waals surface area contributed by atoms with Gasteiger partial charge in [-0.25, -0.2) is 0 Å². The normalized spacial score (nSPS) is 35.8. The Kier molecular flexibility index (Phi) is 9.78. The van der Waals surface area contributed by atoms with E-state index in [1.165, 1.54) is 38.3 Å². The van der Waals surface area contributed by atoms with Gasteiger partial charge in [0.2, 0.25) is 5.91 Å². The minimum atomic E-state index is -1.70. The van der Waals surface area contributed by atoms with Gasteiger partial charge in [-0.05, 0) is 24.6 Å². The van der Waals surface area contributed by atoms with E-state index in [9.17, 15) is 30.0 Å². The molecule has 0 bridgehead atoms. The minimum absolute atomic E-state index is 0.323. The first-order valence-corrected chi connectivity index (χ1v) is 11.5. The summed E-state index contributed by atoms with van der Waals surface area (Å²) >= 11 is 0. The van der Waals surface area contributed by atoms with E-state index in [-0.39, 0.29) is 0 Å². The first-order valence-electron chi connectivity index (χ1n) is 11.5. The lowest BCUT2D eigenvalue weighted by molar-refractivity contribution is -0.325. The van der Waals surface area contributed by atoms with Gasteiger partial charge >= 0.3 is 0 Å². The highest BCUT2D eigenvalue weighted by Gasteiger charge is 2.52. The number of aliphatic hydroxyl groups excluding tert-OH is 4. The van der Waals surface area contributed by atoms with Crippen LogP contribution in [-0.4, -0.2) is 107 Å². The molecule has 0 radical (unpaired) electrons. The molecule has 2 amide bonds. The fourth-order valence-electron chi connectivity index (χ4n) is 4.34. The van der Waals surface area contributed by atoms with Crippen molar-refractivity contribution < 1.29 is 49.0 Å². The average molecular weight is 526 g/mol. The highest BCUT2D eigenvalue weighted by molar-refractivity contribution is 5.95. The maximum atomic E-state index is 13.1. The van der Waals surface area contributed by atoms with Crippen molar-refractivity contribution in [2.24, 2.45) is 5.11 Å². The monoisotopic (exact) mass is 525 g/mol. The molecule has 2 heterocycles. The number of nitrogens with one attached hydrogen (secondary N) is 2. The van der Waals surface area contributed by atoms with Gasteiger partial charge in [0.25, 0.3) is 5.91 Å². The molecule has 0 aromatic heterocycles. The molecule has 2 aliphatic heterocycles. The minimum Gasteiger partial charge on any atom is -0.394 e.